The summed E-state index contributed by atoms with van der Waals surface area (Å²) in [5.74, 6) is 1.59. The van der Waals surface area contributed by atoms with Crippen LogP contribution in [0.15, 0.2) is 54.6 Å². The number of rotatable bonds is 8. The molecule has 0 aromatic heterocycles. The SMILES string of the molecule is Cc1cccc(CSCCNC(=O)/C=C/c2ccc([N+](=O)[O-])cc2)c1. The standard InChI is InChI=1S/C19H20N2O3S/c1-15-3-2-4-17(13-15)14-25-12-11-20-19(22)10-7-16-5-8-18(9-6-16)21(23)24/h2-10,13H,11-12,14H2,1H3,(H,20,22)/b10-7+. The molecular weight excluding hydrogens is 336 g/mol. The number of hydrogen-bond acceptors (Lipinski definition) is 4. The van der Waals surface area contributed by atoms with Crippen LogP contribution in [0.4, 0.5) is 5.69 Å². The van der Waals surface area contributed by atoms with Gasteiger partial charge in [0, 0.05) is 36.3 Å². The van der Waals surface area contributed by atoms with Crippen LogP contribution in [0.1, 0.15) is 16.7 Å². The fraction of sp³-hybridized carbons (Fsp3) is 0.211. The molecule has 2 aromatic rings. The van der Waals surface area contributed by atoms with Gasteiger partial charge >= 0.3 is 0 Å². The Morgan fingerprint density at radius 1 is 1.24 bits per heavy atom. The number of amides is 1. The Morgan fingerprint density at radius 3 is 2.68 bits per heavy atom. The van der Waals surface area contributed by atoms with E-state index in [-0.39, 0.29) is 11.6 Å². The second kappa shape index (κ2) is 9.64. The Hall–Kier alpha value is -2.60. The van der Waals surface area contributed by atoms with Gasteiger partial charge in [-0.2, -0.15) is 11.8 Å². The van der Waals surface area contributed by atoms with Crippen LogP contribution in [0.3, 0.4) is 0 Å². The largest absolute Gasteiger partial charge is 0.352 e. The Bertz CT molecular complexity index is 758. The molecule has 0 fully saturated rings. The summed E-state index contributed by atoms with van der Waals surface area (Å²) >= 11 is 1.77. The number of hydrogen-bond donors (Lipinski definition) is 1. The molecule has 0 heterocycles. The van der Waals surface area contributed by atoms with Crippen LogP contribution in [0.2, 0.25) is 0 Å². The first kappa shape index (κ1) is 18.7. The van der Waals surface area contributed by atoms with Crippen LogP contribution in [0.5, 0.6) is 0 Å². The van der Waals surface area contributed by atoms with Crippen molar-refractivity contribution in [1.29, 1.82) is 0 Å². The molecular formula is C19H20N2O3S. The summed E-state index contributed by atoms with van der Waals surface area (Å²) in [5.41, 5.74) is 3.32. The highest BCUT2D eigenvalue weighted by molar-refractivity contribution is 7.98. The molecule has 0 spiro atoms. The number of nitrogens with zero attached hydrogens (tertiary/aromatic N) is 1. The first-order valence-corrected chi connectivity index (χ1v) is 9.04. The quantitative estimate of drug-likeness (QED) is 0.336. The van der Waals surface area contributed by atoms with Gasteiger partial charge in [-0.25, -0.2) is 0 Å². The Balaban J connectivity index is 1.67. The molecule has 5 nitrogen and oxygen atoms in total. The van der Waals surface area contributed by atoms with E-state index >= 15 is 0 Å². The first-order valence-electron chi connectivity index (χ1n) is 7.88. The van der Waals surface area contributed by atoms with Gasteiger partial charge in [0.2, 0.25) is 5.91 Å². The van der Waals surface area contributed by atoms with Crippen molar-refractivity contribution in [2.24, 2.45) is 0 Å². The lowest BCUT2D eigenvalue weighted by molar-refractivity contribution is -0.384. The third kappa shape index (κ3) is 6.81. The molecule has 1 amide bonds. The zero-order valence-electron chi connectivity index (χ0n) is 14.0. The number of nitrogens with one attached hydrogen (secondary N) is 1. The predicted octanol–water partition coefficient (Wildman–Crippen LogP) is 3.97. The zero-order chi connectivity index (χ0) is 18.1. The fourth-order valence-electron chi connectivity index (χ4n) is 2.18. The van der Waals surface area contributed by atoms with E-state index in [1.54, 1.807) is 30.0 Å². The lowest BCUT2D eigenvalue weighted by atomic mass is 10.2. The lowest BCUT2D eigenvalue weighted by Crippen LogP contribution is -2.23. The second-order valence-corrected chi connectivity index (χ2v) is 6.62. The van der Waals surface area contributed by atoms with Crippen molar-refractivity contribution in [3.8, 4) is 0 Å². The number of nitro benzene ring substituents is 1. The molecule has 0 aliphatic heterocycles. The topological polar surface area (TPSA) is 72.2 Å². The van der Waals surface area contributed by atoms with Crippen molar-refractivity contribution < 1.29 is 9.72 Å². The summed E-state index contributed by atoms with van der Waals surface area (Å²) in [6, 6.07) is 14.4. The van der Waals surface area contributed by atoms with Gasteiger partial charge in [0.1, 0.15) is 0 Å². The molecule has 0 atom stereocenters. The molecule has 1 N–H and O–H groups in total. The van der Waals surface area contributed by atoms with Gasteiger partial charge in [-0.15, -0.1) is 0 Å². The number of nitro groups is 1. The van der Waals surface area contributed by atoms with Crippen LogP contribution >= 0.6 is 11.8 Å². The van der Waals surface area contributed by atoms with Crippen molar-refractivity contribution in [2.45, 2.75) is 12.7 Å². The van der Waals surface area contributed by atoms with E-state index in [1.165, 1.54) is 29.3 Å². The van der Waals surface area contributed by atoms with E-state index in [2.05, 4.69) is 36.5 Å². The smallest absolute Gasteiger partial charge is 0.269 e. The number of carbonyl (C=O) groups excluding carboxylic acids is 1. The molecule has 0 bridgehead atoms. The normalized spacial score (nSPS) is 10.8. The maximum atomic E-state index is 11.8. The van der Waals surface area contributed by atoms with Crippen molar-refractivity contribution >= 4 is 29.4 Å². The summed E-state index contributed by atoms with van der Waals surface area (Å²) in [4.78, 5) is 21.9. The van der Waals surface area contributed by atoms with Gasteiger partial charge in [0.05, 0.1) is 4.92 Å². The highest BCUT2D eigenvalue weighted by Crippen LogP contribution is 2.13. The summed E-state index contributed by atoms with van der Waals surface area (Å²) in [6.45, 7) is 2.67. The average Bonchev–Trinajstić information content (AvgIpc) is 2.60. The molecule has 0 saturated carbocycles. The second-order valence-electron chi connectivity index (χ2n) is 5.51. The van der Waals surface area contributed by atoms with E-state index in [0.717, 1.165) is 17.1 Å². The van der Waals surface area contributed by atoms with E-state index in [4.69, 9.17) is 0 Å². The van der Waals surface area contributed by atoms with Gasteiger partial charge in [-0.05, 0) is 36.3 Å². The average molecular weight is 356 g/mol. The van der Waals surface area contributed by atoms with Gasteiger partial charge in [0.15, 0.2) is 0 Å². The fourth-order valence-corrected chi connectivity index (χ4v) is 2.98. The Morgan fingerprint density at radius 2 is 2.00 bits per heavy atom. The maximum Gasteiger partial charge on any atom is 0.269 e. The van der Waals surface area contributed by atoms with Crippen LogP contribution in [0, 0.1) is 17.0 Å². The highest BCUT2D eigenvalue weighted by Gasteiger charge is 2.02. The van der Waals surface area contributed by atoms with Crippen LogP contribution in [-0.4, -0.2) is 23.1 Å². The number of carbonyl (C=O) groups is 1. The third-order valence-electron chi connectivity index (χ3n) is 3.43. The first-order chi connectivity index (χ1) is 12.0. The number of thioether (sulfide) groups is 1. The van der Waals surface area contributed by atoms with Gasteiger partial charge in [-0.1, -0.05) is 29.8 Å². The van der Waals surface area contributed by atoms with E-state index in [0.29, 0.717) is 6.54 Å². The van der Waals surface area contributed by atoms with Crippen LogP contribution in [-0.2, 0) is 10.5 Å². The van der Waals surface area contributed by atoms with Gasteiger partial charge < -0.3 is 5.32 Å². The molecule has 0 radical (unpaired) electrons. The molecule has 2 rings (SSSR count). The minimum atomic E-state index is -0.450. The highest BCUT2D eigenvalue weighted by atomic mass is 32.2. The third-order valence-corrected chi connectivity index (χ3v) is 4.46. The molecule has 2 aromatic carbocycles. The van der Waals surface area contributed by atoms with E-state index in [9.17, 15) is 14.9 Å². The molecule has 6 heteroatoms. The van der Waals surface area contributed by atoms with Crippen LogP contribution < -0.4 is 5.32 Å². The number of non-ortho nitro benzene ring substituents is 1. The van der Waals surface area contributed by atoms with Gasteiger partial charge in [0.25, 0.3) is 5.69 Å². The van der Waals surface area contributed by atoms with E-state index in [1.807, 2.05) is 0 Å². The summed E-state index contributed by atoms with van der Waals surface area (Å²) in [6.07, 6.45) is 3.07. The zero-order valence-corrected chi connectivity index (χ0v) is 14.8. The Labute approximate surface area is 151 Å². The van der Waals surface area contributed by atoms with Crippen molar-refractivity contribution in [1.82, 2.24) is 5.32 Å². The van der Waals surface area contributed by atoms with Crippen molar-refractivity contribution in [2.75, 3.05) is 12.3 Å². The van der Waals surface area contributed by atoms with Gasteiger partial charge in [-0.3, -0.25) is 14.9 Å². The monoisotopic (exact) mass is 356 g/mol. The van der Waals surface area contributed by atoms with Crippen molar-refractivity contribution in [3.63, 3.8) is 0 Å². The number of benzene rings is 2. The minimum Gasteiger partial charge on any atom is -0.352 e. The molecule has 25 heavy (non-hydrogen) atoms. The molecule has 0 aliphatic carbocycles. The van der Waals surface area contributed by atoms with Crippen molar-refractivity contribution in [3.05, 3.63) is 81.4 Å². The molecule has 0 unspecified atom stereocenters. The maximum absolute atomic E-state index is 11.8. The predicted molar refractivity (Wildman–Crippen MR) is 102 cm³/mol. The summed E-state index contributed by atoms with van der Waals surface area (Å²) in [5, 5.41) is 13.4. The summed E-state index contributed by atoms with van der Waals surface area (Å²) < 4.78 is 0. The molecule has 130 valence electrons. The Kier molecular flexibility index (Phi) is 7.22. The minimum absolute atomic E-state index is 0.0345. The van der Waals surface area contributed by atoms with E-state index < -0.39 is 4.92 Å². The lowest BCUT2D eigenvalue weighted by Gasteiger charge is -2.04. The van der Waals surface area contributed by atoms with Crippen LogP contribution in [0.25, 0.3) is 6.08 Å². The number of aryl methyl sites for hydroxylation is 1. The summed E-state index contributed by atoms with van der Waals surface area (Å²) in [7, 11) is 0. The molecule has 0 saturated heterocycles. The molecule has 0 aliphatic rings.